The second kappa shape index (κ2) is 12.6. The van der Waals surface area contributed by atoms with Crippen LogP contribution >= 0.6 is 23.2 Å². The van der Waals surface area contributed by atoms with Gasteiger partial charge in [0.15, 0.2) is 0 Å². The fraction of sp³-hybridized carbons (Fsp3) is 0.286. The van der Waals surface area contributed by atoms with Crippen LogP contribution in [-0.4, -0.2) is 29.3 Å². The zero-order valence-electron chi connectivity index (χ0n) is 19.6. The average molecular weight is 497 g/mol. The molecule has 2 amide bonds. The Morgan fingerprint density at radius 2 is 1.56 bits per heavy atom. The van der Waals surface area contributed by atoms with E-state index in [4.69, 9.17) is 23.2 Å². The van der Waals surface area contributed by atoms with Crippen molar-refractivity contribution < 1.29 is 9.59 Å². The van der Waals surface area contributed by atoms with Gasteiger partial charge in [-0.05, 0) is 36.6 Å². The van der Waals surface area contributed by atoms with Gasteiger partial charge in [0.1, 0.15) is 6.04 Å². The normalized spacial score (nSPS) is 11.6. The Hall–Kier alpha value is -2.82. The summed E-state index contributed by atoms with van der Waals surface area (Å²) >= 11 is 12.9. The van der Waals surface area contributed by atoms with E-state index in [1.807, 2.05) is 68.4 Å². The van der Waals surface area contributed by atoms with Crippen LogP contribution in [0.2, 0.25) is 10.0 Å². The van der Waals surface area contributed by atoms with Crippen molar-refractivity contribution >= 4 is 35.0 Å². The van der Waals surface area contributed by atoms with Gasteiger partial charge in [-0.3, -0.25) is 9.59 Å². The van der Waals surface area contributed by atoms with Gasteiger partial charge in [-0.25, -0.2) is 0 Å². The summed E-state index contributed by atoms with van der Waals surface area (Å²) in [5, 5.41) is 3.91. The Bertz CT molecular complexity index is 1100. The zero-order valence-corrected chi connectivity index (χ0v) is 21.1. The SMILES string of the molecule is CCCNC(=O)[C@@H](Cc1ccccc1)N(Cc1c(Cl)cccc1Cl)C(=O)Cc1cccc(C)c1. The van der Waals surface area contributed by atoms with Crippen molar-refractivity contribution in [3.8, 4) is 0 Å². The lowest BCUT2D eigenvalue weighted by Gasteiger charge is -2.32. The second-order valence-corrected chi connectivity index (χ2v) is 9.20. The summed E-state index contributed by atoms with van der Waals surface area (Å²) in [5.74, 6) is -0.347. The van der Waals surface area contributed by atoms with Crippen LogP contribution in [0, 0.1) is 6.92 Å². The third kappa shape index (κ3) is 7.09. The maximum absolute atomic E-state index is 13.7. The molecule has 6 heteroatoms. The lowest BCUT2D eigenvalue weighted by atomic mass is 10.0. The van der Waals surface area contributed by atoms with Gasteiger partial charge in [-0.1, -0.05) is 96.4 Å². The molecule has 0 aliphatic carbocycles. The highest BCUT2D eigenvalue weighted by molar-refractivity contribution is 6.36. The van der Waals surface area contributed by atoms with Crippen molar-refractivity contribution in [3.63, 3.8) is 0 Å². The maximum Gasteiger partial charge on any atom is 0.243 e. The third-order valence-electron chi connectivity index (χ3n) is 5.65. The summed E-state index contributed by atoms with van der Waals surface area (Å²) in [6.07, 6.45) is 1.37. The van der Waals surface area contributed by atoms with Crippen LogP contribution < -0.4 is 5.32 Å². The van der Waals surface area contributed by atoms with E-state index in [0.29, 0.717) is 28.6 Å². The Kier molecular flexibility index (Phi) is 9.55. The molecule has 0 saturated carbocycles. The molecule has 3 aromatic carbocycles. The van der Waals surface area contributed by atoms with Crippen molar-refractivity contribution in [3.05, 3.63) is 105 Å². The van der Waals surface area contributed by atoms with Gasteiger partial charge in [0.2, 0.25) is 11.8 Å². The molecule has 0 fully saturated rings. The van der Waals surface area contributed by atoms with E-state index in [9.17, 15) is 9.59 Å². The van der Waals surface area contributed by atoms with Gasteiger partial charge in [-0.2, -0.15) is 0 Å². The largest absolute Gasteiger partial charge is 0.354 e. The number of carbonyl (C=O) groups is 2. The lowest BCUT2D eigenvalue weighted by molar-refractivity contribution is -0.140. The van der Waals surface area contributed by atoms with E-state index in [1.54, 1.807) is 23.1 Å². The summed E-state index contributed by atoms with van der Waals surface area (Å²) in [4.78, 5) is 28.7. The van der Waals surface area contributed by atoms with E-state index in [2.05, 4.69) is 5.32 Å². The number of hydrogen-bond donors (Lipinski definition) is 1. The number of carbonyl (C=O) groups excluding carboxylic acids is 2. The van der Waals surface area contributed by atoms with Gasteiger partial charge in [-0.15, -0.1) is 0 Å². The first-order chi connectivity index (χ1) is 16.4. The molecule has 1 atom stereocenters. The topological polar surface area (TPSA) is 49.4 Å². The predicted octanol–water partition coefficient (Wildman–Crippen LogP) is 6.01. The first kappa shape index (κ1) is 25.8. The van der Waals surface area contributed by atoms with Gasteiger partial charge in [0, 0.05) is 35.1 Å². The molecule has 0 radical (unpaired) electrons. The first-order valence-electron chi connectivity index (χ1n) is 11.5. The minimum Gasteiger partial charge on any atom is -0.354 e. The Morgan fingerprint density at radius 3 is 2.21 bits per heavy atom. The summed E-state index contributed by atoms with van der Waals surface area (Å²) in [5.41, 5.74) is 3.57. The number of benzene rings is 3. The molecule has 0 bridgehead atoms. The number of nitrogens with zero attached hydrogens (tertiary/aromatic N) is 1. The van der Waals surface area contributed by atoms with E-state index >= 15 is 0 Å². The lowest BCUT2D eigenvalue weighted by Crippen LogP contribution is -2.51. The highest BCUT2D eigenvalue weighted by Crippen LogP contribution is 2.27. The van der Waals surface area contributed by atoms with Crippen LogP contribution in [0.5, 0.6) is 0 Å². The summed E-state index contributed by atoms with van der Waals surface area (Å²) in [6, 6.07) is 22.1. The Balaban J connectivity index is 2.00. The highest BCUT2D eigenvalue weighted by Gasteiger charge is 2.31. The molecule has 0 heterocycles. The van der Waals surface area contributed by atoms with E-state index < -0.39 is 6.04 Å². The number of nitrogens with one attached hydrogen (secondary N) is 1. The molecule has 0 aromatic heterocycles. The van der Waals surface area contributed by atoms with Crippen molar-refractivity contribution in [2.24, 2.45) is 0 Å². The Labute approximate surface area is 211 Å². The van der Waals surface area contributed by atoms with Crippen LogP contribution in [0.4, 0.5) is 0 Å². The second-order valence-electron chi connectivity index (χ2n) is 8.38. The number of rotatable bonds is 10. The van der Waals surface area contributed by atoms with E-state index in [0.717, 1.165) is 23.1 Å². The predicted molar refractivity (Wildman–Crippen MR) is 139 cm³/mol. The highest BCUT2D eigenvalue weighted by atomic mass is 35.5. The molecule has 0 aliphatic heterocycles. The average Bonchev–Trinajstić information content (AvgIpc) is 2.82. The number of halogens is 2. The van der Waals surface area contributed by atoms with Crippen molar-refractivity contribution in [2.45, 2.75) is 45.7 Å². The minimum atomic E-state index is -0.710. The molecule has 0 unspecified atom stereocenters. The minimum absolute atomic E-state index is 0.139. The van der Waals surface area contributed by atoms with Crippen LogP contribution in [-0.2, 0) is 29.0 Å². The molecule has 0 spiro atoms. The number of aryl methyl sites for hydroxylation is 1. The molecule has 0 aliphatic rings. The molecule has 4 nitrogen and oxygen atoms in total. The maximum atomic E-state index is 13.7. The van der Waals surface area contributed by atoms with Crippen LogP contribution in [0.15, 0.2) is 72.8 Å². The van der Waals surface area contributed by atoms with Gasteiger partial charge in [0.25, 0.3) is 0 Å². The van der Waals surface area contributed by atoms with E-state index in [-0.39, 0.29) is 24.8 Å². The van der Waals surface area contributed by atoms with Gasteiger partial charge in [0.05, 0.1) is 6.42 Å². The van der Waals surface area contributed by atoms with Crippen LogP contribution in [0.1, 0.15) is 35.6 Å². The molecule has 1 N–H and O–H groups in total. The third-order valence-corrected chi connectivity index (χ3v) is 6.36. The van der Waals surface area contributed by atoms with Gasteiger partial charge >= 0.3 is 0 Å². The summed E-state index contributed by atoms with van der Waals surface area (Å²) < 4.78 is 0. The molecule has 34 heavy (non-hydrogen) atoms. The fourth-order valence-electron chi connectivity index (χ4n) is 3.87. The molecular weight excluding hydrogens is 467 g/mol. The fourth-order valence-corrected chi connectivity index (χ4v) is 4.39. The van der Waals surface area contributed by atoms with Crippen molar-refractivity contribution in [2.75, 3.05) is 6.54 Å². The van der Waals surface area contributed by atoms with Crippen molar-refractivity contribution in [1.82, 2.24) is 10.2 Å². The molecule has 3 aromatic rings. The smallest absolute Gasteiger partial charge is 0.243 e. The quantitative estimate of drug-likeness (QED) is 0.373. The molecule has 3 rings (SSSR count). The zero-order chi connectivity index (χ0) is 24.5. The molecular formula is C28H30Cl2N2O2. The number of hydrogen-bond acceptors (Lipinski definition) is 2. The first-order valence-corrected chi connectivity index (χ1v) is 12.2. The Morgan fingerprint density at radius 1 is 0.912 bits per heavy atom. The van der Waals surface area contributed by atoms with Crippen LogP contribution in [0.3, 0.4) is 0 Å². The monoisotopic (exact) mass is 496 g/mol. The summed E-state index contributed by atoms with van der Waals surface area (Å²) in [6.45, 7) is 4.67. The molecule has 0 saturated heterocycles. The van der Waals surface area contributed by atoms with Crippen molar-refractivity contribution in [1.29, 1.82) is 0 Å². The summed E-state index contributed by atoms with van der Waals surface area (Å²) in [7, 11) is 0. The van der Waals surface area contributed by atoms with Crippen LogP contribution in [0.25, 0.3) is 0 Å². The van der Waals surface area contributed by atoms with E-state index in [1.165, 1.54) is 0 Å². The number of amides is 2. The standard InChI is InChI=1S/C28H30Cl2N2O2/c1-3-15-31-28(34)26(17-21-10-5-4-6-11-21)32(19-23-24(29)13-8-14-25(23)30)27(33)18-22-12-7-9-20(2)16-22/h4-14,16,26H,3,15,17-19H2,1-2H3,(H,31,34)/t26-/m1/s1. The van der Waals surface area contributed by atoms with Gasteiger partial charge < -0.3 is 10.2 Å². The molecule has 178 valence electrons.